The third kappa shape index (κ3) is 4.37. The average molecular weight is 512 g/mol. The van der Waals surface area contributed by atoms with Crippen molar-refractivity contribution in [2.45, 2.75) is 54.5 Å². The smallest absolute Gasteiger partial charge is 0.192 e. The van der Waals surface area contributed by atoms with Crippen LogP contribution in [-0.2, 0) is 15.0 Å². The Morgan fingerprint density at radius 3 is 2.31 bits per heavy atom. The summed E-state index contributed by atoms with van der Waals surface area (Å²) in [5.74, 6) is 1.28. The minimum atomic E-state index is -0.376. The van der Waals surface area contributed by atoms with Crippen molar-refractivity contribution in [1.29, 1.82) is 0 Å². The number of hydrogen-bond donors (Lipinski definition) is 0. The third-order valence-electron chi connectivity index (χ3n) is 7.99. The van der Waals surface area contributed by atoms with E-state index in [0.29, 0.717) is 12.0 Å². The quantitative estimate of drug-likeness (QED) is 0.489. The van der Waals surface area contributed by atoms with E-state index in [-0.39, 0.29) is 10.5 Å². The monoisotopic (exact) mass is 511 g/mol. The van der Waals surface area contributed by atoms with Crippen LogP contribution in [0.4, 0.5) is 5.69 Å². The van der Waals surface area contributed by atoms with E-state index in [1.165, 1.54) is 16.1 Å². The van der Waals surface area contributed by atoms with Gasteiger partial charge in [-0.05, 0) is 68.7 Å². The maximum atomic E-state index is 6.74. The number of nitrogens with zero attached hydrogens (tertiary/aromatic N) is 3. The molecule has 0 N–H and O–H groups in total. The van der Waals surface area contributed by atoms with E-state index in [1.54, 1.807) is 11.8 Å². The lowest BCUT2D eigenvalue weighted by Crippen LogP contribution is -2.48. The summed E-state index contributed by atoms with van der Waals surface area (Å²) in [4.78, 5) is 11.2. The molecule has 5 nitrogen and oxygen atoms in total. The third-order valence-corrected chi connectivity index (χ3v) is 9.64. The highest BCUT2D eigenvalue weighted by molar-refractivity contribution is 8.01. The summed E-state index contributed by atoms with van der Waals surface area (Å²) in [5.41, 5.74) is 2.24. The van der Waals surface area contributed by atoms with Crippen LogP contribution in [-0.4, -0.2) is 61.2 Å². The topological polar surface area (TPSA) is 37.3 Å². The minimum Gasteiger partial charge on any atom is -0.460 e. The molecule has 186 valence electrons. The first kappa shape index (κ1) is 23.7. The number of hydrogen-bond acceptors (Lipinski definition) is 6. The fraction of sp³-hybridized carbons (Fsp3) is 0.536. The number of halogens is 1. The van der Waals surface area contributed by atoms with Gasteiger partial charge in [-0.15, -0.1) is 0 Å². The predicted octanol–water partition coefficient (Wildman–Crippen LogP) is 5.81. The van der Waals surface area contributed by atoms with Gasteiger partial charge >= 0.3 is 0 Å². The van der Waals surface area contributed by atoms with Gasteiger partial charge in [0.2, 0.25) is 0 Å². The van der Waals surface area contributed by atoms with Gasteiger partial charge in [0.1, 0.15) is 5.54 Å². The average Bonchev–Trinajstić information content (AvgIpc) is 3.40. The summed E-state index contributed by atoms with van der Waals surface area (Å²) in [5, 5.41) is 0.755. The Kier molecular flexibility index (Phi) is 6.28. The van der Waals surface area contributed by atoms with Crippen LogP contribution >= 0.6 is 23.4 Å². The van der Waals surface area contributed by atoms with Crippen molar-refractivity contribution in [3.63, 3.8) is 0 Å². The lowest BCUT2D eigenvalue weighted by molar-refractivity contribution is 0.0752. The summed E-state index contributed by atoms with van der Waals surface area (Å²) in [6.07, 6.45) is 2.86. The van der Waals surface area contributed by atoms with Crippen LogP contribution < -0.4 is 4.90 Å². The fourth-order valence-corrected chi connectivity index (χ4v) is 7.22. The van der Waals surface area contributed by atoms with Gasteiger partial charge in [0.05, 0.1) is 0 Å². The van der Waals surface area contributed by atoms with Gasteiger partial charge in [0, 0.05) is 73.4 Å². The number of anilines is 1. The van der Waals surface area contributed by atoms with Crippen molar-refractivity contribution in [3.05, 3.63) is 59.1 Å². The van der Waals surface area contributed by atoms with Gasteiger partial charge in [-0.1, -0.05) is 35.5 Å². The molecular formula is C28H34ClN3O2S. The van der Waals surface area contributed by atoms with Gasteiger partial charge < -0.3 is 14.4 Å². The van der Waals surface area contributed by atoms with Crippen molar-refractivity contribution in [1.82, 2.24) is 4.90 Å². The molecule has 2 aromatic rings. The zero-order chi connectivity index (χ0) is 24.0. The van der Waals surface area contributed by atoms with Crippen molar-refractivity contribution in [2.24, 2.45) is 10.9 Å². The number of aliphatic imine (C=N–C) groups is 1. The molecule has 3 heterocycles. The molecule has 0 bridgehead atoms. The van der Waals surface area contributed by atoms with Crippen LogP contribution in [0.5, 0.6) is 0 Å². The zero-order valence-corrected chi connectivity index (χ0v) is 22.2. The SMILES string of the molecule is CC(C)N1CCN(c2ccc(C34CC3(Sc3ccc(Cl)cc3)OC(C3CCOCC3)=N4)cc2)CC1. The molecule has 0 aromatic heterocycles. The van der Waals surface area contributed by atoms with Gasteiger partial charge in [-0.25, -0.2) is 4.99 Å². The molecule has 0 amide bonds. The number of thioether (sulfide) groups is 1. The number of ether oxygens (including phenoxy) is 2. The molecule has 1 saturated carbocycles. The van der Waals surface area contributed by atoms with Gasteiger partial charge in [-0.3, -0.25) is 4.90 Å². The molecule has 7 heteroatoms. The highest BCUT2D eigenvalue weighted by Gasteiger charge is 2.76. The first-order valence-electron chi connectivity index (χ1n) is 12.9. The lowest BCUT2D eigenvalue weighted by atomic mass is 9.99. The highest BCUT2D eigenvalue weighted by atomic mass is 35.5. The summed E-state index contributed by atoms with van der Waals surface area (Å²) in [6, 6.07) is 17.8. The Balaban J connectivity index is 1.25. The van der Waals surface area contributed by atoms with Crippen molar-refractivity contribution in [2.75, 3.05) is 44.3 Å². The van der Waals surface area contributed by atoms with Gasteiger partial charge in [-0.2, -0.15) is 0 Å². The molecule has 35 heavy (non-hydrogen) atoms. The van der Waals surface area contributed by atoms with Crippen LogP contribution in [0, 0.1) is 5.92 Å². The molecule has 6 rings (SSSR count). The number of fused-ring (bicyclic) bond motifs is 1. The van der Waals surface area contributed by atoms with E-state index in [0.717, 1.165) is 69.6 Å². The van der Waals surface area contributed by atoms with E-state index in [2.05, 4.69) is 60.0 Å². The standard InChI is InChI=1S/C28H34ClN3O2S/c1-20(2)31-13-15-32(16-14-31)24-7-3-22(4-8-24)27-19-28(27,35-25-9-5-23(29)6-10-25)34-26(30-27)21-11-17-33-18-12-21/h3-10,20-21H,11-19H2,1-2H3. The van der Waals surface area contributed by atoms with Crippen molar-refractivity contribution in [3.8, 4) is 0 Å². The number of benzene rings is 2. The van der Waals surface area contributed by atoms with Gasteiger partial charge in [0.25, 0.3) is 0 Å². The Bertz CT molecular complexity index is 1080. The Labute approximate surface area is 217 Å². The summed E-state index contributed by atoms with van der Waals surface area (Å²) < 4.78 is 12.3. The van der Waals surface area contributed by atoms with E-state index < -0.39 is 0 Å². The van der Waals surface area contributed by atoms with Crippen LogP contribution in [0.25, 0.3) is 0 Å². The van der Waals surface area contributed by atoms with Crippen molar-refractivity contribution < 1.29 is 9.47 Å². The first-order chi connectivity index (χ1) is 17.0. The molecule has 0 spiro atoms. The second-order valence-corrected chi connectivity index (χ2v) is 12.2. The Morgan fingerprint density at radius 2 is 1.66 bits per heavy atom. The van der Waals surface area contributed by atoms with Crippen LogP contribution in [0.1, 0.15) is 38.7 Å². The van der Waals surface area contributed by atoms with Crippen LogP contribution in [0.2, 0.25) is 5.02 Å². The molecule has 2 saturated heterocycles. The van der Waals surface area contributed by atoms with Gasteiger partial charge in [0.15, 0.2) is 10.8 Å². The molecule has 4 aliphatic rings. The molecule has 2 atom stereocenters. The van der Waals surface area contributed by atoms with E-state index in [4.69, 9.17) is 26.1 Å². The molecule has 3 aliphatic heterocycles. The number of piperazine rings is 1. The van der Waals surface area contributed by atoms with Crippen LogP contribution in [0.15, 0.2) is 58.4 Å². The second kappa shape index (κ2) is 9.29. The maximum absolute atomic E-state index is 6.74. The zero-order valence-electron chi connectivity index (χ0n) is 20.6. The molecule has 3 fully saturated rings. The Morgan fingerprint density at radius 1 is 0.971 bits per heavy atom. The van der Waals surface area contributed by atoms with E-state index >= 15 is 0 Å². The first-order valence-corrected chi connectivity index (χ1v) is 14.1. The summed E-state index contributed by atoms with van der Waals surface area (Å²) >= 11 is 7.93. The largest absolute Gasteiger partial charge is 0.460 e. The maximum Gasteiger partial charge on any atom is 0.192 e. The highest BCUT2D eigenvalue weighted by Crippen LogP contribution is 2.71. The minimum absolute atomic E-state index is 0.320. The summed E-state index contributed by atoms with van der Waals surface area (Å²) in [7, 11) is 0. The molecule has 2 unspecified atom stereocenters. The van der Waals surface area contributed by atoms with E-state index in [9.17, 15) is 0 Å². The fourth-order valence-electron chi connectivity index (χ4n) is 5.70. The lowest BCUT2D eigenvalue weighted by Gasteiger charge is -2.38. The van der Waals surface area contributed by atoms with E-state index in [1.807, 2.05) is 12.1 Å². The summed E-state index contributed by atoms with van der Waals surface area (Å²) in [6.45, 7) is 10.5. The van der Waals surface area contributed by atoms with Crippen LogP contribution in [0.3, 0.4) is 0 Å². The predicted molar refractivity (Wildman–Crippen MR) is 144 cm³/mol. The molecule has 2 aromatic carbocycles. The number of rotatable bonds is 6. The molecule has 0 radical (unpaired) electrons. The van der Waals surface area contributed by atoms with Crippen molar-refractivity contribution >= 4 is 34.9 Å². The molecular weight excluding hydrogens is 478 g/mol. The normalized spacial score (nSPS) is 29.1. The molecule has 1 aliphatic carbocycles. The Hall–Kier alpha value is -1.73. The second-order valence-electron chi connectivity index (χ2n) is 10.4.